The molecule has 4 rings (SSSR count). The van der Waals surface area contributed by atoms with Gasteiger partial charge in [-0.3, -0.25) is 10.2 Å². The maximum Gasteiger partial charge on any atom is 1.00 e. The van der Waals surface area contributed by atoms with Crippen LogP contribution in [-0.4, -0.2) is 33.3 Å². The van der Waals surface area contributed by atoms with Gasteiger partial charge in [-0.2, -0.15) is 0 Å². The molecule has 9 heteroatoms. The van der Waals surface area contributed by atoms with Crippen molar-refractivity contribution in [3.05, 3.63) is 54.6 Å². The van der Waals surface area contributed by atoms with Gasteiger partial charge in [-0.15, -0.1) is 0 Å². The van der Waals surface area contributed by atoms with E-state index >= 15 is 0 Å². The van der Waals surface area contributed by atoms with E-state index in [4.69, 9.17) is 34.8 Å². The molecule has 1 aliphatic rings. The van der Waals surface area contributed by atoms with Crippen LogP contribution in [0.3, 0.4) is 0 Å². The van der Waals surface area contributed by atoms with Crippen LogP contribution in [0.1, 0.15) is 12.8 Å². The monoisotopic (exact) mass is 461 g/mol. The van der Waals surface area contributed by atoms with Crippen molar-refractivity contribution in [2.24, 2.45) is 5.92 Å². The number of carbonyl (C=O) groups is 1. The molecule has 6 nitrogen and oxygen atoms in total. The number of thiocarbonyl (C=S) groups is 1. The van der Waals surface area contributed by atoms with Gasteiger partial charge in [0.05, 0.1) is 5.52 Å². The third-order valence-electron chi connectivity index (χ3n) is 5.07. The zero-order valence-electron chi connectivity index (χ0n) is 16.7. The average Bonchev–Trinajstić information content (AvgIpc) is 2.77. The first kappa shape index (κ1) is 23.5. The topological polar surface area (TPSA) is 70.2 Å². The van der Waals surface area contributed by atoms with E-state index in [1.54, 1.807) is 0 Å². The first-order valence-corrected chi connectivity index (χ1v) is 10.3. The minimum Gasteiger partial charge on any atom is -0.410 e. The summed E-state index contributed by atoms with van der Waals surface area (Å²) in [4.78, 5) is 24.2. The molecule has 0 aliphatic carbocycles. The van der Waals surface area contributed by atoms with Crippen LogP contribution in [0.4, 0.5) is 5.82 Å². The molecule has 2 heterocycles. The van der Waals surface area contributed by atoms with Gasteiger partial charge in [0.15, 0.2) is 5.82 Å². The number of para-hydroxylation sites is 1. The van der Waals surface area contributed by atoms with Crippen molar-refractivity contribution >= 4 is 51.8 Å². The van der Waals surface area contributed by atoms with Gasteiger partial charge in [-0.05, 0) is 29.3 Å². The average molecular weight is 462 g/mol. The number of rotatable bonds is 3. The molecule has 148 valence electrons. The summed E-state index contributed by atoms with van der Waals surface area (Å²) in [6.07, 6.45) is 1.47. The summed E-state index contributed by atoms with van der Waals surface area (Å²) in [5.74, 6) is 1.47. The fourth-order valence-corrected chi connectivity index (χ4v) is 3.69. The molecule has 0 radical (unpaired) electrons. The number of benzene rings is 2. The van der Waals surface area contributed by atoms with Crippen LogP contribution in [0.25, 0.3) is 22.3 Å². The van der Waals surface area contributed by atoms with Crippen LogP contribution >= 0.6 is 12.2 Å². The normalized spacial score (nSPS) is 14.1. The number of hydrogen-bond donors (Lipinski definition) is 2. The molecule has 0 bridgehead atoms. The Labute approximate surface area is 229 Å². The van der Waals surface area contributed by atoms with E-state index in [-0.39, 0.29) is 67.5 Å². The molecule has 1 saturated heterocycles. The van der Waals surface area contributed by atoms with Crippen molar-refractivity contribution < 1.29 is 56.2 Å². The first-order valence-electron chi connectivity index (χ1n) is 9.46. The Morgan fingerprint density at radius 3 is 2.37 bits per heavy atom. The van der Waals surface area contributed by atoms with Crippen molar-refractivity contribution in [3.8, 4) is 11.4 Å². The molecular formula is C21H20KN5OS2. The molecule has 1 aliphatic heterocycles. The van der Waals surface area contributed by atoms with Gasteiger partial charge in [0.1, 0.15) is 5.82 Å². The predicted molar refractivity (Wildman–Crippen MR) is 121 cm³/mol. The number of aromatic nitrogens is 2. The Kier molecular flexibility index (Phi) is 8.52. The molecule has 1 amide bonds. The van der Waals surface area contributed by atoms with Crippen molar-refractivity contribution in [2.75, 3.05) is 18.0 Å². The number of nitrogens with one attached hydrogen (secondary N) is 2. The van der Waals surface area contributed by atoms with Gasteiger partial charge in [-0.1, -0.05) is 42.5 Å². The van der Waals surface area contributed by atoms with Crippen molar-refractivity contribution in [1.29, 1.82) is 0 Å². The summed E-state index contributed by atoms with van der Waals surface area (Å²) in [5, 5.41) is 1.02. The summed E-state index contributed by atoms with van der Waals surface area (Å²) < 4.78 is 0.136. The molecule has 0 saturated carbocycles. The van der Waals surface area contributed by atoms with E-state index in [1.165, 1.54) is 0 Å². The molecule has 1 fully saturated rings. The van der Waals surface area contributed by atoms with Crippen LogP contribution < -0.4 is 67.1 Å². The van der Waals surface area contributed by atoms with Gasteiger partial charge in [0, 0.05) is 30.0 Å². The summed E-state index contributed by atoms with van der Waals surface area (Å²) >= 11 is 9.52. The van der Waals surface area contributed by atoms with Crippen LogP contribution in [-0.2, 0) is 17.4 Å². The number of piperidine rings is 1. The van der Waals surface area contributed by atoms with Crippen LogP contribution in [0.15, 0.2) is 54.6 Å². The number of amides is 1. The third-order valence-corrected chi connectivity index (χ3v) is 5.27. The SMILES string of the molecule is O=C(NNC(=S)[S-])C1CCN(c2nc(-c3ccccc3)nc3ccccc23)CC1.[K+]. The molecule has 30 heavy (non-hydrogen) atoms. The molecular weight excluding hydrogens is 441 g/mol. The number of fused-ring (bicyclic) bond motifs is 1. The van der Waals surface area contributed by atoms with Crippen LogP contribution in [0, 0.1) is 5.92 Å². The van der Waals surface area contributed by atoms with E-state index in [9.17, 15) is 4.79 Å². The molecule has 0 atom stereocenters. The van der Waals surface area contributed by atoms with E-state index in [1.807, 2.05) is 54.6 Å². The Hall–Kier alpha value is -1.20. The maximum atomic E-state index is 12.3. The summed E-state index contributed by atoms with van der Waals surface area (Å²) in [6.45, 7) is 1.48. The Balaban J connectivity index is 0.00000256. The standard InChI is InChI=1S/C21H21N5OS2.K/c27-20(24-25-21(28)29)15-10-12-26(13-11-15)19-16-8-4-5-9-17(16)22-18(23-19)14-6-2-1-3-7-14;/h1-9,15H,10-13H2,(H,24,27)(H2,25,28,29);/q;+1/p-1. The summed E-state index contributed by atoms with van der Waals surface area (Å²) in [6, 6.07) is 18.0. The third kappa shape index (κ3) is 5.53. The smallest absolute Gasteiger partial charge is 0.410 e. The van der Waals surface area contributed by atoms with Crippen molar-refractivity contribution in [2.45, 2.75) is 12.8 Å². The second kappa shape index (κ2) is 10.9. The Morgan fingerprint density at radius 1 is 1.00 bits per heavy atom. The van der Waals surface area contributed by atoms with Gasteiger partial charge in [-0.25, -0.2) is 9.97 Å². The van der Waals surface area contributed by atoms with Crippen molar-refractivity contribution in [3.63, 3.8) is 0 Å². The fourth-order valence-electron chi connectivity index (χ4n) is 3.59. The van der Waals surface area contributed by atoms with Crippen LogP contribution in [0.5, 0.6) is 0 Å². The Morgan fingerprint density at radius 2 is 1.67 bits per heavy atom. The fraction of sp³-hybridized carbons (Fsp3) is 0.238. The molecule has 1 aromatic heterocycles. The minimum absolute atomic E-state index is 0. The number of carbonyl (C=O) groups excluding carboxylic acids is 1. The minimum atomic E-state index is -0.0789. The molecule has 2 N–H and O–H groups in total. The van der Waals surface area contributed by atoms with Gasteiger partial charge in [0.2, 0.25) is 5.91 Å². The second-order valence-corrected chi connectivity index (χ2v) is 7.99. The zero-order chi connectivity index (χ0) is 20.2. The molecule has 0 spiro atoms. The number of hydrogen-bond acceptors (Lipinski definition) is 6. The van der Waals surface area contributed by atoms with Gasteiger partial charge in [0.25, 0.3) is 0 Å². The molecule has 2 aromatic carbocycles. The Bertz CT molecular complexity index is 1040. The number of nitrogens with zero attached hydrogens (tertiary/aromatic N) is 3. The summed E-state index contributed by atoms with van der Waals surface area (Å²) in [5.41, 5.74) is 7.04. The molecule has 0 unspecified atom stereocenters. The van der Waals surface area contributed by atoms with Crippen LogP contribution in [0.2, 0.25) is 0 Å². The van der Waals surface area contributed by atoms with Crippen molar-refractivity contribution in [1.82, 2.24) is 20.8 Å². The van der Waals surface area contributed by atoms with E-state index < -0.39 is 0 Å². The van der Waals surface area contributed by atoms with Gasteiger partial charge >= 0.3 is 51.4 Å². The number of hydrazine groups is 1. The maximum absolute atomic E-state index is 12.3. The van der Waals surface area contributed by atoms with E-state index in [0.29, 0.717) is 5.82 Å². The predicted octanol–water partition coefficient (Wildman–Crippen LogP) is -0.0302. The quantitative estimate of drug-likeness (QED) is 0.246. The largest absolute Gasteiger partial charge is 1.00 e. The summed E-state index contributed by atoms with van der Waals surface area (Å²) in [7, 11) is 0. The molecule has 3 aromatic rings. The van der Waals surface area contributed by atoms with E-state index in [2.05, 4.69) is 15.8 Å². The first-order chi connectivity index (χ1) is 14.1. The van der Waals surface area contributed by atoms with Gasteiger partial charge < -0.3 is 35.2 Å². The second-order valence-electron chi connectivity index (χ2n) is 6.92. The number of anilines is 1. The zero-order valence-corrected chi connectivity index (χ0v) is 21.4. The van der Waals surface area contributed by atoms with E-state index in [0.717, 1.165) is 48.2 Å².